The normalized spacial score (nSPS) is 24.7. The molecule has 90 valence electrons. The molecule has 0 aromatic heterocycles. The van der Waals surface area contributed by atoms with Crippen LogP contribution in [-0.2, 0) is 9.09 Å². The molecule has 0 aliphatic carbocycles. The van der Waals surface area contributed by atoms with Crippen LogP contribution in [0.25, 0.3) is 0 Å². The largest absolute Gasteiger partial charge is 0.328 e. The maximum Gasteiger partial charge on any atom is 0.328 e. The van der Waals surface area contributed by atoms with Crippen molar-refractivity contribution in [3.8, 4) is 0 Å². The molecule has 0 radical (unpaired) electrons. The third kappa shape index (κ3) is 5.12. The van der Waals surface area contributed by atoms with Gasteiger partial charge in [-0.25, -0.2) is 0 Å². The van der Waals surface area contributed by atoms with Crippen molar-refractivity contribution in [2.45, 2.75) is 39.2 Å². The molecule has 1 aliphatic heterocycles. The van der Waals surface area contributed by atoms with Gasteiger partial charge in [0.2, 0.25) is 0 Å². The lowest BCUT2D eigenvalue weighted by molar-refractivity contribution is 0.181. The van der Waals surface area contributed by atoms with E-state index >= 15 is 0 Å². The van der Waals surface area contributed by atoms with Gasteiger partial charge in [-0.2, -0.15) is 0 Å². The van der Waals surface area contributed by atoms with Crippen LogP contribution in [-0.4, -0.2) is 30.2 Å². The van der Waals surface area contributed by atoms with Crippen LogP contribution in [0.1, 0.15) is 33.1 Å². The van der Waals surface area contributed by atoms with Gasteiger partial charge in [-0.05, 0) is 45.2 Å². The van der Waals surface area contributed by atoms with Crippen LogP contribution in [0, 0.1) is 5.92 Å². The summed E-state index contributed by atoms with van der Waals surface area (Å²) in [6, 6.07) is 0. The van der Waals surface area contributed by atoms with Crippen LogP contribution < -0.4 is 5.32 Å². The highest BCUT2D eigenvalue weighted by molar-refractivity contribution is 7.52. The van der Waals surface area contributed by atoms with E-state index in [2.05, 4.69) is 5.32 Å². The summed E-state index contributed by atoms with van der Waals surface area (Å²) in [4.78, 5) is 9.68. The number of hydrogen-bond donors (Lipinski definition) is 2. The van der Waals surface area contributed by atoms with E-state index in [4.69, 9.17) is 4.52 Å². The predicted octanol–water partition coefficient (Wildman–Crippen LogP) is 1.99. The van der Waals surface area contributed by atoms with E-state index in [1.165, 1.54) is 0 Å². The summed E-state index contributed by atoms with van der Waals surface area (Å²) in [6.07, 6.45) is 2.93. The van der Waals surface area contributed by atoms with Crippen LogP contribution in [0.2, 0.25) is 0 Å². The first kappa shape index (κ1) is 13.2. The topological polar surface area (TPSA) is 58.6 Å². The number of hydrogen-bond acceptors (Lipinski definition) is 3. The Labute approximate surface area is 91.9 Å². The maximum atomic E-state index is 11.8. The molecule has 0 spiro atoms. The molecule has 4 nitrogen and oxygen atoms in total. The van der Waals surface area contributed by atoms with Crippen molar-refractivity contribution in [2.24, 2.45) is 5.92 Å². The Balaban J connectivity index is 2.36. The van der Waals surface area contributed by atoms with E-state index in [9.17, 15) is 9.46 Å². The number of rotatable bonds is 5. The molecule has 1 rings (SSSR count). The van der Waals surface area contributed by atoms with Gasteiger partial charge in [0.25, 0.3) is 0 Å². The van der Waals surface area contributed by atoms with E-state index in [1.807, 2.05) is 13.8 Å². The Hall–Kier alpha value is 0.110. The smallest absolute Gasteiger partial charge is 0.324 e. The molecule has 5 heteroatoms. The Morgan fingerprint density at radius 2 is 2.13 bits per heavy atom. The van der Waals surface area contributed by atoms with E-state index in [0.717, 1.165) is 32.4 Å². The molecule has 1 aliphatic rings. The molecule has 1 heterocycles. The van der Waals surface area contributed by atoms with Gasteiger partial charge in [0.15, 0.2) is 0 Å². The summed E-state index contributed by atoms with van der Waals surface area (Å²) in [5.74, 6) is 0.339. The Kier molecular flexibility index (Phi) is 5.27. The molecule has 0 aromatic rings. The lowest BCUT2D eigenvalue weighted by atomic mass is 10.0. The van der Waals surface area contributed by atoms with Crippen molar-refractivity contribution in [3.05, 3.63) is 0 Å². The highest BCUT2D eigenvalue weighted by Crippen LogP contribution is 2.46. The molecular weight excluding hydrogens is 213 g/mol. The molecule has 0 aromatic carbocycles. The van der Waals surface area contributed by atoms with Crippen LogP contribution in [0.5, 0.6) is 0 Å². The molecule has 0 bridgehead atoms. The molecule has 0 saturated carbocycles. The second kappa shape index (κ2) is 6.00. The van der Waals surface area contributed by atoms with Gasteiger partial charge in [-0.15, -0.1) is 0 Å². The van der Waals surface area contributed by atoms with Gasteiger partial charge in [0.05, 0.1) is 12.3 Å². The molecule has 2 N–H and O–H groups in total. The molecule has 0 amide bonds. The first-order valence-corrected chi connectivity index (χ1v) is 7.50. The number of nitrogens with one attached hydrogen (secondary N) is 1. The van der Waals surface area contributed by atoms with E-state index in [-0.39, 0.29) is 6.10 Å². The fourth-order valence-electron chi connectivity index (χ4n) is 1.79. The van der Waals surface area contributed by atoms with Crippen molar-refractivity contribution >= 4 is 7.60 Å². The Bertz CT molecular complexity index is 229. The zero-order chi connectivity index (χ0) is 11.3. The van der Waals surface area contributed by atoms with Gasteiger partial charge in [0, 0.05) is 0 Å². The van der Waals surface area contributed by atoms with E-state index < -0.39 is 7.60 Å². The number of piperidine rings is 1. The summed E-state index contributed by atoms with van der Waals surface area (Å²) in [5, 5.41) is 3.24. The Morgan fingerprint density at radius 1 is 1.53 bits per heavy atom. The van der Waals surface area contributed by atoms with Crippen LogP contribution in [0.3, 0.4) is 0 Å². The Morgan fingerprint density at radius 3 is 2.67 bits per heavy atom. The lowest BCUT2D eigenvalue weighted by Gasteiger charge is -2.25. The highest BCUT2D eigenvalue weighted by Gasteiger charge is 2.27. The minimum absolute atomic E-state index is 0.123. The van der Waals surface area contributed by atoms with Crippen LogP contribution in [0.15, 0.2) is 0 Å². The first-order valence-electron chi connectivity index (χ1n) is 5.74. The lowest BCUT2D eigenvalue weighted by Crippen LogP contribution is -2.29. The molecule has 15 heavy (non-hydrogen) atoms. The third-order valence-electron chi connectivity index (χ3n) is 2.87. The van der Waals surface area contributed by atoms with Gasteiger partial charge in [0.1, 0.15) is 0 Å². The summed E-state index contributed by atoms with van der Waals surface area (Å²) in [6.45, 7) is 5.70. The molecular formula is C10H22NO3P. The van der Waals surface area contributed by atoms with E-state index in [0.29, 0.717) is 12.1 Å². The monoisotopic (exact) mass is 235 g/mol. The summed E-state index contributed by atoms with van der Waals surface area (Å²) in [7, 11) is -3.36. The summed E-state index contributed by atoms with van der Waals surface area (Å²) < 4.78 is 16.9. The average molecular weight is 235 g/mol. The second-order valence-corrected chi connectivity index (χ2v) is 6.19. The first-order chi connectivity index (χ1) is 7.03. The zero-order valence-electron chi connectivity index (χ0n) is 9.61. The highest BCUT2D eigenvalue weighted by atomic mass is 31.2. The molecule has 1 fully saturated rings. The summed E-state index contributed by atoms with van der Waals surface area (Å²) >= 11 is 0. The predicted molar refractivity (Wildman–Crippen MR) is 61.1 cm³/mol. The van der Waals surface area contributed by atoms with Gasteiger partial charge in [-0.3, -0.25) is 4.57 Å². The summed E-state index contributed by atoms with van der Waals surface area (Å²) in [5.41, 5.74) is 0. The van der Waals surface area contributed by atoms with E-state index in [1.54, 1.807) is 0 Å². The molecule has 2 atom stereocenters. The standard InChI is InChI=1S/C10H22NO3P/c1-3-9(2)14-15(12,13)8-10-4-6-11-7-5-10/h9-11H,3-8H2,1-2H3,(H,12,13). The van der Waals surface area contributed by atoms with Crippen molar-refractivity contribution in [2.75, 3.05) is 19.3 Å². The van der Waals surface area contributed by atoms with Gasteiger partial charge in [-0.1, -0.05) is 6.92 Å². The molecule has 2 unspecified atom stereocenters. The minimum atomic E-state index is -3.36. The van der Waals surface area contributed by atoms with Crippen molar-refractivity contribution in [1.82, 2.24) is 5.32 Å². The second-order valence-electron chi connectivity index (χ2n) is 4.34. The average Bonchev–Trinajstić information content (AvgIpc) is 2.17. The third-order valence-corrected chi connectivity index (χ3v) is 4.53. The van der Waals surface area contributed by atoms with Crippen molar-refractivity contribution in [1.29, 1.82) is 0 Å². The zero-order valence-corrected chi connectivity index (χ0v) is 10.5. The quantitative estimate of drug-likeness (QED) is 0.715. The minimum Gasteiger partial charge on any atom is -0.324 e. The van der Waals surface area contributed by atoms with Crippen molar-refractivity contribution in [3.63, 3.8) is 0 Å². The van der Waals surface area contributed by atoms with Crippen LogP contribution >= 0.6 is 7.60 Å². The fourth-order valence-corrected chi connectivity index (χ4v) is 3.60. The molecule has 1 saturated heterocycles. The maximum absolute atomic E-state index is 11.8. The SMILES string of the molecule is CCC(C)OP(=O)(O)CC1CCNCC1. The van der Waals surface area contributed by atoms with Gasteiger partial charge >= 0.3 is 7.60 Å². The fraction of sp³-hybridized carbons (Fsp3) is 1.00. The van der Waals surface area contributed by atoms with Crippen LogP contribution in [0.4, 0.5) is 0 Å². The van der Waals surface area contributed by atoms with Gasteiger partial charge < -0.3 is 14.7 Å². The van der Waals surface area contributed by atoms with Crippen molar-refractivity contribution < 1.29 is 14.0 Å².